The molecule has 42 heavy (non-hydrogen) atoms. The van der Waals surface area contributed by atoms with Gasteiger partial charge in [-0.3, -0.25) is 4.79 Å². The predicted octanol–water partition coefficient (Wildman–Crippen LogP) is 7.12. The maximum Gasteiger partial charge on any atom is 0.305 e. The summed E-state index contributed by atoms with van der Waals surface area (Å²) in [6, 6.07) is 36.6. The molecule has 7 rings (SSSR count). The summed E-state index contributed by atoms with van der Waals surface area (Å²) in [6.07, 6.45) is 0. The van der Waals surface area contributed by atoms with Crippen molar-refractivity contribution in [1.29, 1.82) is 0 Å². The number of phenols is 1. The lowest BCUT2D eigenvalue weighted by Crippen LogP contribution is -2.36. The van der Waals surface area contributed by atoms with Gasteiger partial charge >= 0.3 is 5.79 Å². The highest BCUT2D eigenvalue weighted by molar-refractivity contribution is 5.88. The molecule has 1 aliphatic heterocycles. The molecule has 0 saturated heterocycles. The maximum atomic E-state index is 13.2. The van der Waals surface area contributed by atoms with Gasteiger partial charge in [0.15, 0.2) is 17.3 Å². The molecule has 0 saturated carbocycles. The number of hydrogen-bond acceptors (Lipinski definition) is 7. The second-order valence-electron chi connectivity index (χ2n) is 9.91. The van der Waals surface area contributed by atoms with Crippen LogP contribution in [0.3, 0.4) is 0 Å². The first-order valence-electron chi connectivity index (χ1n) is 13.3. The Morgan fingerprint density at radius 3 is 1.98 bits per heavy atom. The molecule has 0 bridgehead atoms. The first-order valence-corrected chi connectivity index (χ1v) is 13.3. The van der Waals surface area contributed by atoms with Gasteiger partial charge in [-0.1, -0.05) is 91.0 Å². The van der Waals surface area contributed by atoms with E-state index in [1.165, 1.54) is 12.1 Å². The number of rotatable bonds is 6. The Morgan fingerprint density at radius 2 is 1.31 bits per heavy atom. The number of ether oxygens (including phenoxy) is 3. The number of phenolic OH excluding ortho intramolecular Hbond substituents is 1. The predicted molar refractivity (Wildman–Crippen MR) is 157 cm³/mol. The van der Waals surface area contributed by atoms with E-state index in [0.29, 0.717) is 22.8 Å². The Bertz CT molecular complexity index is 1930. The van der Waals surface area contributed by atoms with E-state index in [4.69, 9.17) is 18.6 Å². The van der Waals surface area contributed by atoms with Crippen LogP contribution in [0.1, 0.15) is 16.7 Å². The summed E-state index contributed by atoms with van der Waals surface area (Å²) in [5, 5.41) is 21.4. The maximum absolute atomic E-state index is 13.2. The number of benzene rings is 5. The van der Waals surface area contributed by atoms with Crippen molar-refractivity contribution in [1.82, 2.24) is 0 Å². The van der Waals surface area contributed by atoms with Gasteiger partial charge in [0.05, 0.1) is 0 Å². The van der Waals surface area contributed by atoms with Crippen LogP contribution in [-0.4, -0.2) is 10.2 Å². The summed E-state index contributed by atoms with van der Waals surface area (Å²) in [5.74, 6) is -1.08. The van der Waals surface area contributed by atoms with Crippen molar-refractivity contribution in [3.63, 3.8) is 0 Å². The third-order valence-electron chi connectivity index (χ3n) is 7.19. The van der Waals surface area contributed by atoms with E-state index < -0.39 is 17.0 Å². The van der Waals surface area contributed by atoms with Gasteiger partial charge in [0.1, 0.15) is 29.1 Å². The Hall–Kier alpha value is -5.69. The molecule has 0 unspecified atom stereocenters. The normalized spacial score (nSPS) is 13.2. The lowest BCUT2D eigenvalue weighted by molar-refractivity contribution is -0.0459. The second-order valence-corrected chi connectivity index (χ2v) is 9.91. The lowest BCUT2D eigenvalue weighted by atomic mass is 9.97. The van der Waals surface area contributed by atoms with E-state index in [9.17, 15) is 15.0 Å². The van der Waals surface area contributed by atoms with Crippen molar-refractivity contribution in [3.05, 3.63) is 148 Å². The highest BCUT2D eigenvalue weighted by Gasteiger charge is 2.45. The summed E-state index contributed by atoms with van der Waals surface area (Å²) in [5.41, 5.74) is 2.23. The summed E-state index contributed by atoms with van der Waals surface area (Å²) in [7, 11) is 0. The van der Waals surface area contributed by atoms with Crippen LogP contribution in [0, 0.1) is 0 Å². The number of hydrogen-bond donors (Lipinski definition) is 2. The molecule has 7 heteroatoms. The highest BCUT2D eigenvalue weighted by atomic mass is 16.7. The van der Waals surface area contributed by atoms with E-state index in [2.05, 4.69) is 0 Å². The molecular formula is C35H24O7. The van der Waals surface area contributed by atoms with Crippen LogP contribution >= 0.6 is 0 Å². The number of fused-ring (bicyclic) bond motifs is 2. The van der Waals surface area contributed by atoms with Crippen LogP contribution in [0.2, 0.25) is 0 Å². The van der Waals surface area contributed by atoms with Gasteiger partial charge in [-0.25, -0.2) is 0 Å². The molecular weight excluding hydrogens is 532 g/mol. The third-order valence-corrected chi connectivity index (χ3v) is 7.19. The van der Waals surface area contributed by atoms with E-state index in [-0.39, 0.29) is 29.1 Å². The van der Waals surface area contributed by atoms with Crippen molar-refractivity contribution in [2.24, 2.45) is 0 Å². The van der Waals surface area contributed by atoms with Crippen LogP contribution in [0.25, 0.3) is 22.3 Å². The molecule has 0 spiro atoms. The Kier molecular flexibility index (Phi) is 6.05. The molecule has 0 aliphatic carbocycles. The fourth-order valence-corrected chi connectivity index (χ4v) is 5.15. The third kappa shape index (κ3) is 4.28. The Labute approximate surface area is 240 Å². The summed E-state index contributed by atoms with van der Waals surface area (Å²) >= 11 is 0. The molecule has 2 heterocycles. The van der Waals surface area contributed by atoms with E-state index >= 15 is 0 Å². The topological polar surface area (TPSA) is 98.4 Å². The molecule has 6 aromatic rings. The molecule has 1 aromatic heterocycles. The van der Waals surface area contributed by atoms with Gasteiger partial charge in [-0.15, -0.1) is 0 Å². The summed E-state index contributed by atoms with van der Waals surface area (Å²) in [4.78, 5) is 13.2. The first kappa shape index (κ1) is 25.3. The van der Waals surface area contributed by atoms with Crippen molar-refractivity contribution in [2.75, 3.05) is 0 Å². The van der Waals surface area contributed by atoms with Gasteiger partial charge < -0.3 is 28.8 Å². The Morgan fingerprint density at radius 1 is 0.690 bits per heavy atom. The van der Waals surface area contributed by atoms with Crippen LogP contribution in [0.15, 0.2) is 131 Å². The van der Waals surface area contributed by atoms with Crippen molar-refractivity contribution < 1.29 is 28.8 Å². The van der Waals surface area contributed by atoms with Gasteiger partial charge in [0, 0.05) is 28.8 Å². The molecule has 2 N–H and O–H groups in total. The van der Waals surface area contributed by atoms with Crippen molar-refractivity contribution >= 4 is 11.0 Å². The van der Waals surface area contributed by atoms with Crippen LogP contribution < -0.4 is 19.6 Å². The molecule has 7 nitrogen and oxygen atoms in total. The molecule has 0 fully saturated rings. The molecule has 0 atom stereocenters. The van der Waals surface area contributed by atoms with Gasteiger partial charge in [-0.05, 0) is 23.8 Å². The first-order chi connectivity index (χ1) is 20.5. The van der Waals surface area contributed by atoms with Gasteiger partial charge in [0.2, 0.25) is 11.2 Å². The van der Waals surface area contributed by atoms with E-state index in [0.717, 1.165) is 16.7 Å². The smallest absolute Gasteiger partial charge is 0.305 e. The Balaban J connectivity index is 1.28. The molecule has 5 aromatic carbocycles. The molecule has 1 aliphatic rings. The largest absolute Gasteiger partial charge is 0.507 e. The average molecular weight is 557 g/mol. The van der Waals surface area contributed by atoms with Crippen LogP contribution in [-0.2, 0) is 12.4 Å². The van der Waals surface area contributed by atoms with E-state index in [1.54, 1.807) is 18.2 Å². The standard InChI is InChI=1S/C35H24O7/c36-27-19-26(39-21-22-10-4-1-5-11-22)20-30-31(27)32(37)33(38)34(40-30)23-16-17-28-29(18-23)42-35(41-28,24-12-6-2-7-13-24)25-14-8-3-9-15-25/h1-20,36,38H,21H2. The van der Waals surface area contributed by atoms with Gasteiger partial charge in [-0.2, -0.15) is 0 Å². The van der Waals surface area contributed by atoms with Gasteiger partial charge in [0.25, 0.3) is 0 Å². The zero-order valence-electron chi connectivity index (χ0n) is 22.2. The fourth-order valence-electron chi connectivity index (χ4n) is 5.15. The van der Waals surface area contributed by atoms with Crippen molar-refractivity contribution in [2.45, 2.75) is 12.4 Å². The minimum atomic E-state index is -1.23. The molecule has 0 amide bonds. The van der Waals surface area contributed by atoms with Crippen LogP contribution in [0.4, 0.5) is 0 Å². The number of aromatic hydroxyl groups is 2. The quantitative estimate of drug-likeness (QED) is 0.225. The fraction of sp³-hybridized carbons (Fsp3) is 0.0571. The summed E-state index contributed by atoms with van der Waals surface area (Å²) < 4.78 is 24.8. The van der Waals surface area contributed by atoms with E-state index in [1.807, 2.05) is 91.0 Å². The zero-order valence-corrected chi connectivity index (χ0v) is 22.2. The highest BCUT2D eigenvalue weighted by Crippen LogP contribution is 2.49. The van der Waals surface area contributed by atoms with Crippen LogP contribution in [0.5, 0.6) is 28.7 Å². The van der Waals surface area contributed by atoms with Crippen molar-refractivity contribution in [3.8, 4) is 40.1 Å². The molecule has 206 valence electrons. The zero-order chi connectivity index (χ0) is 28.7. The average Bonchev–Trinajstić information content (AvgIpc) is 3.43. The second kappa shape index (κ2) is 10.1. The summed E-state index contributed by atoms with van der Waals surface area (Å²) in [6.45, 7) is 0.258. The molecule has 0 radical (unpaired) electrons. The minimum Gasteiger partial charge on any atom is -0.507 e. The SMILES string of the molecule is O=c1c(O)c(-c2ccc3c(c2)OC(c2ccccc2)(c2ccccc2)O3)oc2cc(OCc3ccccc3)cc(O)c12. The lowest BCUT2D eigenvalue weighted by Gasteiger charge is -2.28. The monoisotopic (exact) mass is 556 g/mol. The minimum absolute atomic E-state index is 0.0662.